The molecule has 0 unspecified atom stereocenters. The Balaban J connectivity index is 1.94. The molecule has 2 rings (SSSR count). The second-order valence-corrected chi connectivity index (χ2v) is 4.67. The Kier molecular flexibility index (Phi) is 3.86. The molecule has 2 N–H and O–H groups in total. The van der Waals surface area contributed by atoms with E-state index in [4.69, 9.17) is 11.6 Å². The zero-order chi connectivity index (χ0) is 12.3. The molecule has 0 bridgehead atoms. The van der Waals surface area contributed by atoms with Gasteiger partial charge in [-0.15, -0.1) is 0 Å². The average Bonchev–Trinajstić information content (AvgIpc) is 2.32. The quantitative estimate of drug-likeness (QED) is 0.806. The van der Waals surface area contributed by atoms with Crippen molar-refractivity contribution in [2.45, 2.75) is 13.0 Å². The predicted octanol–water partition coefficient (Wildman–Crippen LogP) is 2.17. The van der Waals surface area contributed by atoms with Gasteiger partial charge in [0.15, 0.2) is 0 Å². The van der Waals surface area contributed by atoms with Crippen molar-refractivity contribution in [3.63, 3.8) is 0 Å². The fourth-order valence-corrected chi connectivity index (χ4v) is 1.98. The van der Waals surface area contributed by atoms with Gasteiger partial charge in [-0.25, -0.2) is 4.79 Å². The van der Waals surface area contributed by atoms with Gasteiger partial charge in [-0.1, -0.05) is 11.6 Å². The smallest absolute Gasteiger partial charge is 0.321 e. The molecule has 1 saturated heterocycles. The summed E-state index contributed by atoms with van der Waals surface area (Å²) in [5, 5.41) is 6.82. The second-order valence-electron chi connectivity index (χ2n) is 4.24. The van der Waals surface area contributed by atoms with E-state index in [0.29, 0.717) is 11.1 Å². The Labute approximate surface area is 106 Å². The summed E-state index contributed by atoms with van der Waals surface area (Å²) in [6, 6.07) is 7.41. The molecule has 1 atom stereocenters. The van der Waals surface area contributed by atoms with Crippen LogP contribution in [-0.2, 0) is 0 Å². The molecule has 5 heteroatoms. The molecule has 92 valence electrons. The van der Waals surface area contributed by atoms with Gasteiger partial charge in [-0.3, -0.25) is 0 Å². The number of carbonyl (C=O) groups excluding carboxylic acids is 1. The molecule has 0 radical (unpaired) electrons. The van der Waals surface area contributed by atoms with Crippen LogP contribution in [0.3, 0.4) is 0 Å². The third kappa shape index (κ3) is 3.35. The summed E-state index contributed by atoms with van der Waals surface area (Å²) >= 11 is 5.78. The van der Waals surface area contributed by atoms with E-state index >= 15 is 0 Å². The van der Waals surface area contributed by atoms with Gasteiger partial charge < -0.3 is 15.5 Å². The number of piperazine rings is 1. The number of amides is 2. The van der Waals surface area contributed by atoms with Gasteiger partial charge >= 0.3 is 6.03 Å². The van der Waals surface area contributed by atoms with Crippen LogP contribution in [0.5, 0.6) is 0 Å². The van der Waals surface area contributed by atoms with Crippen molar-refractivity contribution in [2.24, 2.45) is 0 Å². The number of urea groups is 1. The van der Waals surface area contributed by atoms with E-state index < -0.39 is 0 Å². The molecular weight excluding hydrogens is 238 g/mol. The zero-order valence-electron chi connectivity index (χ0n) is 9.74. The maximum Gasteiger partial charge on any atom is 0.321 e. The van der Waals surface area contributed by atoms with Gasteiger partial charge in [0.05, 0.1) is 0 Å². The molecule has 2 amide bonds. The van der Waals surface area contributed by atoms with Crippen LogP contribution in [0.2, 0.25) is 5.02 Å². The summed E-state index contributed by atoms with van der Waals surface area (Å²) < 4.78 is 0. The van der Waals surface area contributed by atoms with Crippen molar-refractivity contribution in [3.8, 4) is 0 Å². The van der Waals surface area contributed by atoms with Gasteiger partial charge in [-0.2, -0.15) is 0 Å². The Morgan fingerprint density at radius 1 is 1.47 bits per heavy atom. The number of benzene rings is 1. The molecule has 1 aromatic rings. The fraction of sp³-hybridized carbons (Fsp3) is 0.417. The van der Waals surface area contributed by atoms with E-state index in [2.05, 4.69) is 17.6 Å². The standard InChI is InChI=1S/C12H16ClN3O/c1-9-8-16(7-6-14-9)12(17)15-11-4-2-10(13)3-5-11/h2-5,9,14H,6-8H2,1H3,(H,15,17)/t9-/m0/s1. The first-order valence-electron chi connectivity index (χ1n) is 5.70. The minimum Gasteiger partial charge on any atom is -0.322 e. The van der Waals surface area contributed by atoms with Crippen molar-refractivity contribution >= 4 is 23.3 Å². The highest BCUT2D eigenvalue weighted by Crippen LogP contribution is 2.14. The summed E-state index contributed by atoms with van der Waals surface area (Å²) in [4.78, 5) is 13.8. The molecule has 1 aliphatic heterocycles. The normalized spacial score (nSPS) is 20.1. The van der Waals surface area contributed by atoms with Crippen molar-refractivity contribution in [1.29, 1.82) is 0 Å². The van der Waals surface area contributed by atoms with Crippen LogP contribution in [0.25, 0.3) is 0 Å². The molecule has 0 spiro atoms. The summed E-state index contributed by atoms with van der Waals surface area (Å²) in [5.74, 6) is 0. The third-order valence-corrected chi connectivity index (χ3v) is 3.00. The number of hydrogen-bond donors (Lipinski definition) is 2. The summed E-state index contributed by atoms with van der Waals surface area (Å²) in [6.45, 7) is 4.39. The SMILES string of the molecule is C[C@H]1CN(C(=O)Nc2ccc(Cl)cc2)CCN1. The lowest BCUT2D eigenvalue weighted by molar-refractivity contribution is 0.192. The Morgan fingerprint density at radius 3 is 2.82 bits per heavy atom. The molecule has 4 nitrogen and oxygen atoms in total. The molecule has 17 heavy (non-hydrogen) atoms. The van der Waals surface area contributed by atoms with Crippen LogP contribution in [0.15, 0.2) is 24.3 Å². The summed E-state index contributed by atoms with van der Waals surface area (Å²) in [6.07, 6.45) is 0. The van der Waals surface area contributed by atoms with Crippen molar-refractivity contribution < 1.29 is 4.79 Å². The van der Waals surface area contributed by atoms with Crippen LogP contribution in [0.1, 0.15) is 6.92 Å². The summed E-state index contributed by atoms with van der Waals surface area (Å²) in [7, 11) is 0. The highest BCUT2D eigenvalue weighted by atomic mass is 35.5. The van der Waals surface area contributed by atoms with Crippen LogP contribution in [-0.4, -0.2) is 36.6 Å². The lowest BCUT2D eigenvalue weighted by Crippen LogP contribution is -2.52. The number of halogens is 1. The molecule has 1 aromatic carbocycles. The van der Waals surface area contributed by atoms with E-state index in [1.807, 2.05) is 4.90 Å². The molecule has 0 saturated carbocycles. The Morgan fingerprint density at radius 2 is 2.18 bits per heavy atom. The van der Waals surface area contributed by atoms with Gasteiger partial charge in [0.1, 0.15) is 0 Å². The number of rotatable bonds is 1. The van der Waals surface area contributed by atoms with Crippen LogP contribution < -0.4 is 10.6 Å². The Bertz CT molecular complexity index is 393. The molecule has 1 aliphatic rings. The molecule has 1 fully saturated rings. The first kappa shape index (κ1) is 12.2. The first-order chi connectivity index (χ1) is 8.15. The van der Waals surface area contributed by atoms with E-state index in [9.17, 15) is 4.79 Å². The number of nitrogens with one attached hydrogen (secondary N) is 2. The van der Waals surface area contributed by atoms with E-state index in [1.165, 1.54) is 0 Å². The van der Waals surface area contributed by atoms with Crippen LogP contribution in [0.4, 0.5) is 10.5 Å². The minimum atomic E-state index is -0.0549. The van der Waals surface area contributed by atoms with Crippen LogP contribution >= 0.6 is 11.6 Å². The molecule has 0 aliphatic carbocycles. The van der Waals surface area contributed by atoms with Gasteiger partial charge in [0, 0.05) is 36.4 Å². The average molecular weight is 254 g/mol. The molecule has 1 heterocycles. The van der Waals surface area contributed by atoms with E-state index in [-0.39, 0.29) is 6.03 Å². The number of nitrogens with zero attached hydrogens (tertiary/aromatic N) is 1. The van der Waals surface area contributed by atoms with Gasteiger partial charge in [-0.05, 0) is 31.2 Å². The lowest BCUT2D eigenvalue weighted by Gasteiger charge is -2.31. The minimum absolute atomic E-state index is 0.0549. The highest BCUT2D eigenvalue weighted by molar-refractivity contribution is 6.30. The number of anilines is 1. The summed E-state index contributed by atoms with van der Waals surface area (Å²) in [5.41, 5.74) is 0.769. The first-order valence-corrected chi connectivity index (χ1v) is 6.08. The topological polar surface area (TPSA) is 44.4 Å². The van der Waals surface area contributed by atoms with E-state index in [1.54, 1.807) is 24.3 Å². The van der Waals surface area contributed by atoms with Crippen molar-refractivity contribution in [3.05, 3.63) is 29.3 Å². The highest BCUT2D eigenvalue weighted by Gasteiger charge is 2.20. The largest absolute Gasteiger partial charge is 0.322 e. The van der Waals surface area contributed by atoms with Gasteiger partial charge in [0.2, 0.25) is 0 Å². The molecular formula is C12H16ClN3O. The number of carbonyl (C=O) groups is 1. The maximum atomic E-state index is 12.0. The van der Waals surface area contributed by atoms with Crippen molar-refractivity contribution in [2.75, 3.05) is 25.0 Å². The lowest BCUT2D eigenvalue weighted by atomic mass is 10.2. The van der Waals surface area contributed by atoms with Gasteiger partial charge in [0.25, 0.3) is 0 Å². The monoisotopic (exact) mass is 253 g/mol. The van der Waals surface area contributed by atoms with Crippen molar-refractivity contribution in [1.82, 2.24) is 10.2 Å². The number of hydrogen-bond acceptors (Lipinski definition) is 2. The van der Waals surface area contributed by atoms with E-state index in [0.717, 1.165) is 25.3 Å². The molecule has 0 aromatic heterocycles. The Hall–Kier alpha value is -1.26. The third-order valence-electron chi connectivity index (χ3n) is 2.75. The van der Waals surface area contributed by atoms with Crippen LogP contribution in [0, 0.1) is 0 Å². The second kappa shape index (κ2) is 5.38. The predicted molar refractivity (Wildman–Crippen MR) is 69.5 cm³/mol. The fourth-order valence-electron chi connectivity index (χ4n) is 1.85. The zero-order valence-corrected chi connectivity index (χ0v) is 10.5. The maximum absolute atomic E-state index is 12.0.